The Morgan fingerprint density at radius 3 is 2.84 bits per heavy atom. The van der Waals surface area contributed by atoms with Crippen LogP contribution in [0.1, 0.15) is 68.9 Å². The molecular weight excluding hydrogens is 394 g/mol. The molecule has 1 aromatic heterocycles. The second kappa shape index (κ2) is 9.68. The monoisotopic (exact) mass is 427 g/mol. The number of ether oxygens (including phenoxy) is 1. The highest BCUT2D eigenvalue weighted by Crippen LogP contribution is 2.33. The van der Waals surface area contributed by atoms with Gasteiger partial charge in [0.05, 0.1) is 12.7 Å². The van der Waals surface area contributed by atoms with Crippen LogP contribution >= 0.6 is 0 Å². The number of aromatic nitrogens is 2. The smallest absolute Gasteiger partial charge is 0.252 e. The molecule has 0 amide bonds. The highest BCUT2D eigenvalue weighted by Gasteiger charge is 2.39. The van der Waals surface area contributed by atoms with Gasteiger partial charge >= 0.3 is 0 Å². The van der Waals surface area contributed by atoms with Crippen molar-refractivity contribution < 1.29 is 14.4 Å². The maximum atomic E-state index is 10.3. The van der Waals surface area contributed by atoms with Crippen molar-refractivity contribution in [1.29, 1.82) is 5.41 Å². The Balaban J connectivity index is 1.36. The van der Waals surface area contributed by atoms with Crippen LogP contribution in [0.15, 0.2) is 22.7 Å². The molecule has 1 saturated heterocycles. The largest absolute Gasteiger partial charge is 0.493 e. The Kier molecular flexibility index (Phi) is 6.75. The number of nitrogens with two attached hydrogens (primary N) is 1. The Labute approximate surface area is 183 Å². The summed E-state index contributed by atoms with van der Waals surface area (Å²) in [5.74, 6) is 2.37. The summed E-state index contributed by atoms with van der Waals surface area (Å²) in [6.07, 6.45) is 9.09. The van der Waals surface area contributed by atoms with Crippen molar-refractivity contribution in [2.45, 2.75) is 70.4 Å². The fourth-order valence-corrected chi connectivity index (χ4v) is 4.80. The van der Waals surface area contributed by atoms with E-state index in [0.29, 0.717) is 18.8 Å². The van der Waals surface area contributed by atoms with Crippen molar-refractivity contribution >= 4 is 5.96 Å². The van der Waals surface area contributed by atoms with Gasteiger partial charge in [-0.05, 0) is 55.9 Å². The van der Waals surface area contributed by atoms with E-state index in [1.807, 2.05) is 25.1 Å². The van der Waals surface area contributed by atoms with Crippen LogP contribution in [0.4, 0.5) is 0 Å². The van der Waals surface area contributed by atoms with Crippen LogP contribution in [0, 0.1) is 18.3 Å². The molecule has 1 aromatic carbocycles. The van der Waals surface area contributed by atoms with Gasteiger partial charge in [-0.3, -0.25) is 5.41 Å². The average Bonchev–Trinajstić information content (AvgIpc) is 3.39. The molecule has 1 aliphatic heterocycles. The number of nitrogens with one attached hydrogen (secondary N) is 1. The number of hydrogen-bond acceptors (Lipinski definition) is 6. The Bertz CT molecular complexity index is 893. The Morgan fingerprint density at radius 2 is 2.10 bits per heavy atom. The number of nitrogens with zero attached hydrogens (tertiary/aromatic N) is 3. The summed E-state index contributed by atoms with van der Waals surface area (Å²) >= 11 is 0. The molecule has 0 spiro atoms. The first kappa shape index (κ1) is 21.6. The molecule has 2 aliphatic rings. The van der Waals surface area contributed by atoms with Crippen molar-refractivity contribution in [3.05, 3.63) is 29.7 Å². The number of aliphatic hydroxyl groups excluding tert-OH is 1. The molecule has 0 radical (unpaired) electrons. The van der Waals surface area contributed by atoms with E-state index in [2.05, 4.69) is 10.1 Å². The Morgan fingerprint density at radius 1 is 1.29 bits per heavy atom. The van der Waals surface area contributed by atoms with E-state index in [4.69, 9.17) is 20.4 Å². The van der Waals surface area contributed by atoms with Gasteiger partial charge in [-0.2, -0.15) is 4.98 Å². The molecule has 31 heavy (non-hydrogen) atoms. The number of likely N-dealkylation sites (tertiary alicyclic amines) is 1. The number of guanidine groups is 1. The highest BCUT2D eigenvalue weighted by atomic mass is 16.5. The molecule has 4 rings (SSSR count). The fourth-order valence-electron chi connectivity index (χ4n) is 4.80. The van der Waals surface area contributed by atoms with Gasteiger partial charge < -0.3 is 25.0 Å². The quantitative estimate of drug-likeness (QED) is 0.349. The Hall–Kier alpha value is -2.61. The number of rotatable bonds is 7. The van der Waals surface area contributed by atoms with Crippen molar-refractivity contribution in [2.75, 3.05) is 13.2 Å². The second-order valence-corrected chi connectivity index (χ2v) is 8.81. The van der Waals surface area contributed by atoms with E-state index in [1.54, 1.807) is 4.90 Å². The maximum absolute atomic E-state index is 10.3. The zero-order valence-corrected chi connectivity index (χ0v) is 18.2. The summed E-state index contributed by atoms with van der Waals surface area (Å²) in [4.78, 5) is 6.05. The van der Waals surface area contributed by atoms with Gasteiger partial charge in [-0.1, -0.05) is 37.3 Å². The van der Waals surface area contributed by atoms with Gasteiger partial charge in [-0.15, -0.1) is 0 Å². The molecule has 0 unspecified atom stereocenters. The van der Waals surface area contributed by atoms with Gasteiger partial charge in [0.15, 0.2) is 5.96 Å². The first-order valence-electron chi connectivity index (χ1n) is 11.4. The van der Waals surface area contributed by atoms with Crippen LogP contribution in [0.5, 0.6) is 5.75 Å². The standard InChI is InChI=1S/C23H33N5O3/c1-15-14-17(9-10-19(15)30-13-5-8-16-6-3-2-4-7-16)21-26-22(31-27-21)20-18(29)11-12-28(20)23(24)25/h9-10,14,16,18,20,29H,2-8,11-13H2,1H3,(H3,24,25)/t18-,20-/m0/s1. The summed E-state index contributed by atoms with van der Waals surface area (Å²) in [7, 11) is 0. The lowest BCUT2D eigenvalue weighted by Crippen LogP contribution is -2.37. The summed E-state index contributed by atoms with van der Waals surface area (Å²) < 4.78 is 11.4. The van der Waals surface area contributed by atoms with Crippen molar-refractivity contribution in [1.82, 2.24) is 15.0 Å². The van der Waals surface area contributed by atoms with E-state index < -0.39 is 12.1 Å². The molecule has 4 N–H and O–H groups in total. The summed E-state index contributed by atoms with van der Waals surface area (Å²) in [5, 5.41) is 22.1. The van der Waals surface area contributed by atoms with Crippen molar-refractivity contribution in [3.63, 3.8) is 0 Å². The first-order chi connectivity index (χ1) is 15.0. The van der Waals surface area contributed by atoms with E-state index in [9.17, 15) is 5.11 Å². The van der Waals surface area contributed by atoms with Gasteiger partial charge in [0.2, 0.25) is 5.82 Å². The van der Waals surface area contributed by atoms with Crippen molar-refractivity contribution in [3.8, 4) is 17.1 Å². The fraction of sp³-hybridized carbons (Fsp3) is 0.609. The lowest BCUT2D eigenvalue weighted by atomic mass is 9.86. The van der Waals surface area contributed by atoms with Crippen LogP contribution in [0.2, 0.25) is 0 Å². The van der Waals surface area contributed by atoms with E-state index >= 15 is 0 Å². The number of aliphatic hydroxyl groups is 1. The van der Waals surface area contributed by atoms with E-state index in [1.165, 1.54) is 38.5 Å². The molecule has 8 nitrogen and oxygen atoms in total. The summed E-state index contributed by atoms with van der Waals surface area (Å²) in [5.41, 5.74) is 7.47. The minimum atomic E-state index is -0.691. The van der Waals surface area contributed by atoms with Gasteiger partial charge in [0.25, 0.3) is 5.89 Å². The molecular formula is C23H33N5O3. The van der Waals surface area contributed by atoms with Gasteiger partial charge in [-0.25, -0.2) is 0 Å². The lowest BCUT2D eigenvalue weighted by molar-refractivity contribution is 0.118. The van der Waals surface area contributed by atoms with Crippen LogP contribution < -0.4 is 10.5 Å². The molecule has 2 atom stereocenters. The van der Waals surface area contributed by atoms with Gasteiger partial charge in [0.1, 0.15) is 11.8 Å². The third-order valence-corrected chi connectivity index (χ3v) is 6.54. The number of aryl methyl sites for hydroxylation is 1. The van der Waals surface area contributed by atoms with Crippen LogP contribution in [-0.2, 0) is 0 Å². The molecule has 0 bridgehead atoms. The molecule has 2 fully saturated rings. The third-order valence-electron chi connectivity index (χ3n) is 6.54. The zero-order chi connectivity index (χ0) is 21.8. The predicted octanol–water partition coefficient (Wildman–Crippen LogP) is 3.79. The number of hydrogen-bond donors (Lipinski definition) is 3. The van der Waals surface area contributed by atoms with Crippen LogP contribution in [0.3, 0.4) is 0 Å². The normalized spacial score (nSPS) is 22.1. The topological polar surface area (TPSA) is 121 Å². The predicted molar refractivity (Wildman–Crippen MR) is 118 cm³/mol. The van der Waals surface area contributed by atoms with Gasteiger partial charge in [0, 0.05) is 12.1 Å². The first-order valence-corrected chi connectivity index (χ1v) is 11.4. The summed E-state index contributed by atoms with van der Waals surface area (Å²) in [6.45, 7) is 3.24. The third kappa shape index (κ3) is 5.01. The molecule has 2 aromatic rings. The number of benzene rings is 1. The summed E-state index contributed by atoms with van der Waals surface area (Å²) in [6, 6.07) is 5.28. The minimum Gasteiger partial charge on any atom is -0.493 e. The molecule has 168 valence electrons. The highest BCUT2D eigenvalue weighted by molar-refractivity contribution is 5.75. The van der Waals surface area contributed by atoms with Crippen LogP contribution in [-0.4, -0.2) is 45.4 Å². The molecule has 2 heterocycles. The van der Waals surface area contributed by atoms with E-state index in [-0.39, 0.29) is 11.9 Å². The average molecular weight is 428 g/mol. The van der Waals surface area contributed by atoms with E-state index in [0.717, 1.165) is 35.8 Å². The SMILES string of the molecule is Cc1cc(-c2noc([C@@H]3[C@@H](O)CCN3C(=N)N)n2)ccc1OCCCC1CCCCC1. The minimum absolute atomic E-state index is 0.109. The molecule has 8 heteroatoms. The maximum Gasteiger partial charge on any atom is 0.252 e. The second-order valence-electron chi connectivity index (χ2n) is 8.81. The lowest BCUT2D eigenvalue weighted by Gasteiger charge is -2.22. The molecule has 1 saturated carbocycles. The van der Waals surface area contributed by atoms with Crippen LogP contribution in [0.25, 0.3) is 11.4 Å². The molecule has 1 aliphatic carbocycles. The zero-order valence-electron chi connectivity index (χ0n) is 18.2. The van der Waals surface area contributed by atoms with Crippen molar-refractivity contribution in [2.24, 2.45) is 11.7 Å².